The number of carboxylic acids is 1. The summed E-state index contributed by atoms with van der Waals surface area (Å²) in [4.78, 5) is 11.4. The van der Waals surface area contributed by atoms with Crippen LogP contribution in [0, 0.1) is 5.92 Å². The van der Waals surface area contributed by atoms with Crippen molar-refractivity contribution in [3.8, 4) is 5.75 Å². The van der Waals surface area contributed by atoms with Crippen LogP contribution in [0.4, 0.5) is 0 Å². The van der Waals surface area contributed by atoms with Gasteiger partial charge in [0.1, 0.15) is 11.8 Å². The molecule has 1 aliphatic carbocycles. The molecule has 1 aromatic carbocycles. The van der Waals surface area contributed by atoms with Crippen molar-refractivity contribution in [1.82, 2.24) is 10.9 Å². The van der Waals surface area contributed by atoms with E-state index in [0.717, 1.165) is 31.6 Å². The minimum Gasteiger partial charge on any atom is -0.493 e. The molecular formula is C16H19ClN2O3. The van der Waals surface area contributed by atoms with Crippen LogP contribution in [0.25, 0.3) is 0 Å². The maximum absolute atomic E-state index is 11.4. The highest BCUT2D eigenvalue weighted by atomic mass is 35.5. The third-order valence-corrected chi connectivity index (χ3v) is 5.70. The number of halogens is 1. The van der Waals surface area contributed by atoms with Gasteiger partial charge in [-0.25, -0.2) is 5.43 Å². The lowest BCUT2D eigenvalue weighted by molar-refractivity contribution is -0.140. The fourth-order valence-electron chi connectivity index (χ4n) is 4.05. The zero-order chi connectivity index (χ0) is 15.3. The quantitative estimate of drug-likeness (QED) is 0.722. The number of aliphatic carboxylic acids is 1. The predicted octanol–water partition coefficient (Wildman–Crippen LogP) is 1.65. The number of rotatable bonds is 2. The number of hydrogen-bond acceptors (Lipinski definition) is 4. The zero-order valence-corrected chi connectivity index (χ0v) is 12.8. The summed E-state index contributed by atoms with van der Waals surface area (Å²) in [6.45, 7) is 0.743. The van der Waals surface area contributed by atoms with Gasteiger partial charge in [0.15, 0.2) is 0 Å². The molecule has 0 amide bonds. The third kappa shape index (κ3) is 2.28. The number of alkyl halides is 1. The Labute approximate surface area is 134 Å². The molecule has 6 heteroatoms. The Morgan fingerprint density at radius 1 is 1.32 bits per heavy atom. The summed E-state index contributed by atoms with van der Waals surface area (Å²) in [5.41, 5.74) is 8.45. The molecule has 3 N–H and O–H groups in total. The van der Waals surface area contributed by atoms with Crippen molar-refractivity contribution in [2.75, 3.05) is 6.61 Å². The molecule has 5 nitrogen and oxygen atoms in total. The van der Waals surface area contributed by atoms with Gasteiger partial charge in [-0.2, -0.15) is 0 Å². The Morgan fingerprint density at radius 3 is 3.00 bits per heavy atom. The lowest BCUT2D eigenvalue weighted by atomic mass is 9.73. The largest absolute Gasteiger partial charge is 0.493 e. The van der Waals surface area contributed by atoms with Crippen LogP contribution < -0.4 is 15.6 Å². The van der Waals surface area contributed by atoms with E-state index in [2.05, 4.69) is 23.0 Å². The van der Waals surface area contributed by atoms with Crippen LogP contribution in [-0.4, -0.2) is 35.1 Å². The molecule has 4 rings (SSSR count). The number of hydrazine groups is 1. The van der Waals surface area contributed by atoms with Crippen LogP contribution >= 0.6 is 11.6 Å². The lowest BCUT2D eigenvalue weighted by Gasteiger charge is -2.36. The average Bonchev–Trinajstić information content (AvgIpc) is 3.11. The molecule has 118 valence electrons. The molecule has 5 unspecified atom stereocenters. The average molecular weight is 323 g/mol. The SMILES string of the molecule is O=C(O)C1NNC2CC(Cl)C(c3ccc4c(c3)CCO4)CC21. The molecule has 1 saturated heterocycles. The van der Waals surface area contributed by atoms with Gasteiger partial charge in [-0.15, -0.1) is 11.6 Å². The molecule has 22 heavy (non-hydrogen) atoms. The van der Waals surface area contributed by atoms with Gasteiger partial charge in [-0.1, -0.05) is 12.1 Å². The van der Waals surface area contributed by atoms with Crippen LogP contribution in [-0.2, 0) is 11.2 Å². The van der Waals surface area contributed by atoms with Gasteiger partial charge >= 0.3 is 5.97 Å². The molecular weight excluding hydrogens is 304 g/mol. The maximum atomic E-state index is 11.4. The highest BCUT2D eigenvalue weighted by Gasteiger charge is 2.46. The molecule has 1 aromatic rings. The van der Waals surface area contributed by atoms with Gasteiger partial charge in [-0.05, 0) is 30.0 Å². The second kappa shape index (κ2) is 5.41. The van der Waals surface area contributed by atoms with Gasteiger partial charge < -0.3 is 9.84 Å². The van der Waals surface area contributed by atoms with Crippen LogP contribution in [0.5, 0.6) is 5.75 Å². The number of hydrogen-bond donors (Lipinski definition) is 3. The number of ether oxygens (including phenoxy) is 1. The fourth-order valence-corrected chi connectivity index (χ4v) is 4.49. The minimum absolute atomic E-state index is 0.0171. The summed E-state index contributed by atoms with van der Waals surface area (Å²) in [6, 6.07) is 5.89. The van der Waals surface area contributed by atoms with Crippen molar-refractivity contribution in [2.45, 2.75) is 42.6 Å². The molecule has 3 aliphatic rings. The molecule has 5 atom stereocenters. The van der Waals surface area contributed by atoms with Gasteiger partial charge in [0, 0.05) is 29.7 Å². The summed E-state index contributed by atoms with van der Waals surface area (Å²) < 4.78 is 5.55. The van der Waals surface area contributed by atoms with Crippen LogP contribution in [0.3, 0.4) is 0 Å². The first-order valence-electron chi connectivity index (χ1n) is 7.77. The summed E-state index contributed by atoms with van der Waals surface area (Å²) >= 11 is 6.62. The van der Waals surface area contributed by atoms with E-state index in [9.17, 15) is 9.90 Å². The molecule has 0 aromatic heterocycles. The first-order chi connectivity index (χ1) is 10.6. The van der Waals surface area contributed by atoms with E-state index in [1.165, 1.54) is 11.1 Å². The van der Waals surface area contributed by atoms with Crippen molar-refractivity contribution in [3.63, 3.8) is 0 Å². The van der Waals surface area contributed by atoms with Gasteiger partial charge in [0.2, 0.25) is 0 Å². The maximum Gasteiger partial charge on any atom is 0.322 e. The Bertz CT molecular complexity index is 609. The smallest absolute Gasteiger partial charge is 0.322 e. The van der Waals surface area contributed by atoms with Crippen molar-refractivity contribution in [3.05, 3.63) is 29.3 Å². The minimum atomic E-state index is -0.797. The summed E-state index contributed by atoms with van der Waals surface area (Å²) in [7, 11) is 0. The zero-order valence-electron chi connectivity index (χ0n) is 12.1. The Morgan fingerprint density at radius 2 is 2.18 bits per heavy atom. The predicted molar refractivity (Wildman–Crippen MR) is 82.2 cm³/mol. The first-order valence-corrected chi connectivity index (χ1v) is 8.20. The van der Waals surface area contributed by atoms with Crippen molar-refractivity contribution < 1.29 is 14.6 Å². The lowest BCUT2D eigenvalue weighted by Crippen LogP contribution is -2.41. The van der Waals surface area contributed by atoms with E-state index in [4.69, 9.17) is 16.3 Å². The summed E-state index contributed by atoms with van der Waals surface area (Å²) in [5.74, 6) is 0.435. The third-order valence-electron chi connectivity index (χ3n) is 5.22. The van der Waals surface area contributed by atoms with E-state index in [1.54, 1.807) is 0 Å². The molecule has 2 fully saturated rings. The molecule has 2 heterocycles. The molecule has 0 bridgehead atoms. The Balaban J connectivity index is 1.60. The van der Waals surface area contributed by atoms with Crippen LogP contribution in [0.1, 0.15) is 29.9 Å². The van der Waals surface area contributed by atoms with E-state index in [1.807, 2.05) is 6.07 Å². The summed E-state index contributed by atoms with van der Waals surface area (Å²) in [6.07, 6.45) is 2.51. The van der Waals surface area contributed by atoms with Crippen LogP contribution in [0.2, 0.25) is 0 Å². The monoisotopic (exact) mass is 322 g/mol. The topological polar surface area (TPSA) is 70.6 Å². The van der Waals surface area contributed by atoms with Crippen molar-refractivity contribution in [1.29, 1.82) is 0 Å². The van der Waals surface area contributed by atoms with Crippen LogP contribution in [0.15, 0.2) is 18.2 Å². The Hall–Kier alpha value is -1.30. The number of benzene rings is 1. The number of nitrogens with one attached hydrogen (secondary N) is 2. The Kier molecular flexibility index (Phi) is 3.51. The second-order valence-electron chi connectivity index (χ2n) is 6.43. The fraction of sp³-hybridized carbons (Fsp3) is 0.562. The van der Waals surface area contributed by atoms with Gasteiger partial charge in [-0.3, -0.25) is 10.2 Å². The van der Waals surface area contributed by atoms with E-state index >= 15 is 0 Å². The standard InChI is InChI=1S/C16H19ClN2O3/c17-12-7-13-11(15(16(20)21)19-18-13)6-10(12)8-1-2-14-9(5-8)3-4-22-14/h1-2,5,10-13,15,18-19H,3-4,6-7H2,(H,20,21). The van der Waals surface area contributed by atoms with E-state index in [0.29, 0.717) is 0 Å². The van der Waals surface area contributed by atoms with E-state index in [-0.39, 0.29) is 23.3 Å². The van der Waals surface area contributed by atoms with Gasteiger partial charge in [0.25, 0.3) is 0 Å². The van der Waals surface area contributed by atoms with Crippen molar-refractivity contribution in [2.24, 2.45) is 5.92 Å². The van der Waals surface area contributed by atoms with Gasteiger partial charge in [0.05, 0.1) is 6.61 Å². The molecule has 2 aliphatic heterocycles. The van der Waals surface area contributed by atoms with Crippen molar-refractivity contribution >= 4 is 17.6 Å². The molecule has 0 radical (unpaired) electrons. The molecule has 0 spiro atoms. The second-order valence-corrected chi connectivity index (χ2v) is 7.00. The number of carbonyl (C=O) groups is 1. The number of carboxylic acid groups (broad SMARTS) is 1. The normalized spacial score (nSPS) is 36.5. The number of fused-ring (bicyclic) bond motifs is 2. The summed E-state index contributed by atoms with van der Waals surface area (Å²) in [5, 5.41) is 9.37. The highest BCUT2D eigenvalue weighted by molar-refractivity contribution is 6.21. The highest BCUT2D eigenvalue weighted by Crippen LogP contribution is 2.43. The van der Waals surface area contributed by atoms with E-state index < -0.39 is 12.0 Å². The first kappa shape index (κ1) is 14.3. The molecule has 1 saturated carbocycles.